The molecular weight excluding hydrogens is 444 g/mol. The first-order valence-corrected chi connectivity index (χ1v) is 10.1. The van der Waals surface area contributed by atoms with Crippen molar-refractivity contribution in [2.75, 3.05) is 4.90 Å². The number of nitro benzene ring substituents is 1. The summed E-state index contributed by atoms with van der Waals surface area (Å²) in [5, 5.41) is 31.2. The number of Topliss-reactive ketones (excluding diaryl/α,β-unsaturated/α-hetero) is 1. The van der Waals surface area contributed by atoms with Crippen LogP contribution in [0.15, 0.2) is 54.1 Å². The third-order valence-electron chi connectivity index (χ3n) is 4.68. The van der Waals surface area contributed by atoms with Gasteiger partial charge in [0.1, 0.15) is 10.8 Å². The highest BCUT2D eigenvalue weighted by Gasteiger charge is 2.48. The second-order valence-corrected chi connectivity index (χ2v) is 8.23. The first-order chi connectivity index (χ1) is 14.8. The van der Waals surface area contributed by atoms with Gasteiger partial charge in [-0.1, -0.05) is 35.1 Å². The summed E-state index contributed by atoms with van der Waals surface area (Å²) in [4.78, 5) is 37.7. The van der Waals surface area contributed by atoms with Gasteiger partial charge in [-0.2, -0.15) is 0 Å². The number of non-ortho nitro benzene ring substituents is 1. The molecule has 2 aromatic carbocycles. The van der Waals surface area contributed by atoms with Crippen LogP contribution in [0.4, 0.5) is 10.8 Å². The first-order valence-electron chi connectivity index (χ1n) is 8.89. The molecule has 1 saturated heterocycles. The molecule has 31 heavy (non-hydrogen) atoms. The Labute approximate surface area is 184 Å². The van der Waals surface area contributed by atoms with Gasteiger partial charge in [-0.05, 0) is 36.8 Å². The lowest BCUT2D eigenvalue weighted by molar-refractivity contribution is -0.384. The average Bonchev–Trinajstić information content (AvgIpc) is 3.29. The van der Waals surface area contributed by atoms with Gasteiger partial charge in [0.2, 0.25) is 5.13 Å². The molecule has 1 atom stereocenters. The Balaban J connectivity index is 1.96. The number of aromatic nitrogens is 2. The fourth-order valence-corrected chi connectivity index (χ4v) is 4.14. The minimum atomic E-state index is -1.12. The predicted molar refractivity (Wildman–Crippen MR) is 114 cm³/mol. The fraction of sp³-hybridized carbons (Fsp3) is 0.100. The molecule has 11 heteroatoms. The molecule has 1 amide bonds. The number of hydrogen-bond donors (Lipinski definition) is 1. The second-order valence-electron chi connectivity index (χ2n) is 6.63. The summed E-state index contributed by atoms with van der Waals surface area (Å²) in [6.07, 6.45) is 0. The molecule has 0 aliphatic carbocycles. The van der Waals surface area contributed by atoms with Crippen molar-refractivity contribution in [3.05, 3.63) is 85.4 Å². The van der Waals surface area contributed by atoms with Crippen molar-refractivity contribution >= 4 is 51.2 Å². The number of anilines is 1. The molecule has 4 rings (SSSR count). The van der Waals surface area contributed by atoms with E-state index in [9.17, 15) is 24.8 Å². The Morgan fingerprint density at radius 3 is 2.52 bits per heavy atom. The summed E-state index contributed by atoms with van der Waals surface area (Å²) in [5.41, 5.74) is 0.117. The van der Waals surface area contributed by atoms with E-state index in [1.165, 1.54) is 42.5 Å². The maximum Gasteiger partial charge on any atom is 0.301 e. The number of aliphatic hydroxyl groups is 1. The summed E-state index contributed by atoms with van der Waals surface area (Å²) >= 11 is 6.99. The predicted octanol–water partition coefficient (Wildman–Crippen LogP) is 4.03. The molecule has 1 aromatic heterocycles. The van der Waals surface area contributed by atoms with Gasteiger partial charge in [0.15, 0.2) is 0 Å². The summed E-state index contributed by atoms with van der Waals surface area (Å²) < 4.78 is 0. The van der Waals surface area contributed by atoms with Crippen molar-refractivity contribution in [1.29, 1.82) is 0 Å². The molecule has 1 aliphatic heterocycles. The zero-order chi connectivity index (χ0) is 22.3. The largest absolute Gasteiger partial charge is 0.507 e. The first kappa shape index (κ1) is 20.6. The van der Waals surface area contributed by atoms with E-state index in [0.29, 0.717) is 10.0 Å². The van der Waals surface area contributed by atoms with Crippen LogP contribution in [0.2, 0.25) is 5.02 Å². The number of carbonyl (C=O) groups excluding carboxylic acids is 2. The number of halogens is 1. The number of carbonyl (C=O) groups is 2. The lowest BCUT2D eigenvalue weighted by Crippen LogP contribution is -2.29. The van der Waals surface area contributed by atoms with Gasteiger partial charge in [0, 0.05) is 22.7 Å². The number of hydrogen-bond acceptors (Lipinski definition) is 8. The van der Waals surface area contributed by atoms with Crippen LogP contribution in [-0.2, 0) is 9.59 Å². The Bertz CT molecular complexity index is 1250. The van der Waals surface area contributed by atoms with Crippen molar-refractivity contribution in [2.24, 2.45) is 0 Å². The molecule has 0 bridgehead atoms. The molecule has 9 nitrogen and oxygen atoms in total. The van der Waals surface area contributed by atoms with Gasteiger partial charge < -0.3 is 5.11 Å². The number of ketones is 1. The summed E-state index contributed by atoms with van der Waals surface area (Å²) in [5.74, 6) is -2.27. The summed E-state index contributed by atoms with van der Waals surface area (Å²) in [6.45, 7) is 1.69. The zero-order valence-corrected chi connectivity index (χ0v) is 17.4. The van der Waals surface area contributed by atoms with Gasteiger partial charge in [0.25, 0.3) is 11.5 Å². The molecular formula is C20H13ClN4O5S. The van der Waals surface area contributed by atoms with Crippen LogP contribution < -0.4 is 4.90 Å². The molecule has 1 fully saturated rings. The lowest BCUT2D eigenvalue weighted by atomic mass is 9.95. The Morgan fingerprint density at radius 2 is 1.90 bits per heavy atom. The summed E-state index contributed by atoms with van der Waals surface area (Å²) in [6, 6.07) is 10.5. The number of nitrogens with zero attached hydrogens (tertiary/aromatic N) is 4. The van der Waals surface area contributed by atoms with Crippen LogP contribution in [0.25, 0.3) is 5.76 Å². The maximum absolute atomic E-state index is 13.0. The highest BCUT2D eigenvalue weighted by Crippen LogP contribution is 2.43. The van der Waals surface area contributed by atoms with Crippen LogP contribution >= 0.6 is 22.9 Å². The number of aliphatic hydroxyl groups excluding tert-OH is 1. The molecule has 1 aliphatic rings. The van der Waals surface area contributed by atoms with Crippen LogP contribution in [-0.4, -0.2) is 31.9 Å². The highest BCUT2D eigenvalue weighted by atomic mass is 35.5. The van der Waals surface area contributed by atoms with E-state index in [4.69, 9.17) is 11.6 Å². The molecule has 1 unspecified atom stereocenters. The van der Waals surface area contributed by atoms with Gasteiger partial charge in [-0.15, -0.1) is 10.2 Å². The van der Waals surface area contributed by atoms with E-state index < -0.39 is 28.4 Å². The number of rotatable bonds is 4. The summed E-state index contributed by atoms with van der Waals surface area (Å²) in [7, 11) is 0. The van der Waals surface area contributed by atoms with Gasteiger partial charge in [-0.25, -0.2) is 0 Å². The fourth-order valence-electron chi connectivity index (χ4n) is 3.30. The topological polar surface area (TPSA) is 127 Å². The van der Waals surface area contributed by atoms with Crippen LogP contribution in [0.5, 0.6) is 0 Å². The van der Waals surface area contributed by atoms with Crippen molar-refractivity contribution in [1.82, 2.24) is 10.2 Å². The monoisotopic (exact) mass is 456 g/mol. The molecule has 0 saturated carbocycles. The minimum Gasteiger partial charge on any atom is -0.507 e. The Morgan fingerprint density at radius 1 is 1.19 bits per heavy atom. The molecule has 3 aromatic rings. The third kappa shape index (κ3) is 3.66. The SMILES string of the molecule is Cc1nnc(N2C(=O)C(=O)/C(=C(/O)c3ccc(Cl)cc3)C2c2cccc([N+](=O)[O-])c2)s1. The zero-order valence-electron chi connectivity index (χ0n) is 15.9. The highest BCUT2D eigenvalue weighted by molar-refractivity contribution is 7.15. The van der Waals surface area contributed by atoms with E-state index in [-0.39, 0.29) is 27.5 Å². The number of aryl methyl sites for hydroxylation is 1. The average molecular weight is 457 g/mol. The van der Waals surface area contributed by atoms with E-state index in [2.05, 4.69) is 10.2 Å². The van der Waals surface area contributed by atoms with E-state index >= 15 is 0 Å². The van der Waals surface area contributed by atoms with Crippen LogP contribution in [0.1, 0.15) is 22.2 Å². The maximum atomic E-state index is 13.0. The molecule has 0 spiro atoms. The van der Waals surface area contributed by atoms with E-state index in [1.807, 2.05) is 0 Å². The quantitative estimate of drug-likeness (QED) is 0.206. The molecule has 2 heterocycles. The number of benzene rings is 2. The van der Waals surface area contributed by atoms with Crippen molar-refractivity contribution in [3.8, 4) is 0 Å². The normalized spacial score (nSPS) is 17.9. The molecule has 1 N–H and O–H groups in total. The second kappa shape index (κ2) is 7.89. The number of nitro groups is 1. The smallest absolute Gasteiger partial charge is 0.301 e. The Hall–Kier alpha value is -3.63. The Kier molecular flexibility index (Phi) is 5.25. The molecule has 0 radical (unpaired) electrons. The van der Waals surface area contributed by atoms with Gasteiger partial charge in [0.05, 0.1) is 16.5 Å². The molecule has 156 valence electrons. The van der Waals surface area contributed by atoms with E-state index in [0.717, 1.165) is 16.2 Å². The van der Waals surface area contributed by atoms with Gasteiger partial charge >= 0.3 is 5.91 Å². The van der Waals surface area contributed by atoms with Gasteiger partial charge in [-0.3, -0.25) is 24.6 Å². The van der Waals surface area contributed by atoms with Crippen molar-refractivity contribution in [2.45, 2.75) is 13.0 Å². The minimum absolute atomic E-state index is 0.145. The lowest BCUT2D eigenvalue weighted by Gasteiger charge is -2.22. The standard InChI is InChI=1S/C20H13ClN4O5S/c1-10-22-23-20(31-10)24-16(12-3-2-4-14(9-12)25(29)30)15(18(27)19(24)28)17(26)11-5-7-13(21)8-6-11/h2-9,16,26H,1H3/b17-15+. The van der Waals surface area contributed by atoms with Crippen molar-refractivity contribution < 1.29 is 19.6 Å². The number of amides is 1. The van der Waals surface area contributed by atoms with Crippen LogP contribution in [0.3, 0.4) is 0 Å². The van der Waals surface area contributed by atoms with E-state index in [1.54, 1.807) is 13.0 Å². The third-order valence-corrected chi connectivity index (χ3v) is 5.77. The van der Waals surface area contributed by atoms with Crippen molar-refractivity contribution in [3.63, 3.8) is 0 Å². The van der Waals surface area contributed by atoms with Crippen LogP contribution in [0, 0.1) is 17.0 Å².